The number of nitrogens with zero attached hydrogens (tertiary/aromatic N) is 2. The van der Waals surface area contributed by atoms with Gasteiger partial charge in [-0.3, -0.25) is 0 Å². The number of anilines is 2. The van der Waals surface area contributed by atoms with E-state index in [0.29, 0.717) is 6.61 Å². The van der Waals surface area contributed by atoms with Gasteiger partial charge in [-0.15, -0.1) is 0 Å². The van der Waals surface area contributed by atoms with Crippen LogP contribution in [0, 0.1) is 20.3 Å². The van der Waals surface area contributed by atoms with Gasteiger partial charge >= 0.3 is 0 Å². The van der Waals surface area contributed by atoms with Crippen molar-refractivity contribution in [2.45, 2.75) is 20.4 Å². The topological polar surface area (TPSA) is 46.6 Å². The number of morpholine rings is 1. The molecule has 2 radical (unpaired) electrons. The van der Waals surface area contributed by atoms with Gasteiger partial charge in [-0.25, -0.2) is 4.98 Å². The maximum Gasteiger partial charge on any atom is 0.128 e. The summed E-state index contributed by atoms with van der Waals surface area (Å²) >= 11 is 0. The number of nitrogens with one attached hydrogen (secondary N) is 1. The van der Waals surface area contributed by atoms with Crippen molar-refractivity contribution in [2.75, 3.05) is 43.1 Å². The summed E-state index contributed by atoms with van der Waals surface area (Å²) in [6.45, 7) is 8.99. The Morgan fingerprint density at radius 3 is 2.74 bits per heavy atom. The number of hydrogen-bond donors (Lipinski definition) is 1. The van der Waals surface area contributed by atoms with Gasteiger partial charge in [0.05, 0.1) is 19.6 Å². The molecule has 1 N–H and O–H groups in total. The predicted octanol–water partition coefficient (Wildman–Crippen LogP) is 4.64. The van der Waals surface area contributed by atoms with Crippen LogP contribution in [-0.4, -0.2) is 37.9 Å². The van der Waals surface area contributed by atoms with Crippen LogP contribution in [0.5, 0.6) is 5.75 Å². The molecule has 31 heavy (non-hydrogen) atoms. The van der Waals surface area contributed by atoms with E-state index in [2.05, 4.69) is 66.9 Å². The van der Waals surface area contributed by atoms with Gasteiger partial charge in [0.15, 0.2) is 0 Å². The summed E-state index contributed by atoms with van der Waals surface area (Å²) in [6, 6.07) is 14.9. The first-order valence-corrected chi connectivity index (χ1v) is 10.8. The minimum absolute atomic E-state index is 0.539. The third-order valence-electron chi connectivity index (χ3n) is 6.11. The van der Waals surface area contributed by atoms with Gasteiger partial charge in [0.25, 0.3) is 0 Å². The lowest BCUT2D eigenvalue weighted by atomic mass is 9.93. The van der Waals surface area contributed by atoms with Crippen LogP contribution < -0.4 is 15.0 Å². The van der Waals surface area contributed by atoms with Crippen LogP contribution in [0.2, 0.25) is 0 Å². The summed E-state index contributed by atoms with van der Waals surface area (Å²) < 4.78 is 11.0. The Labute approximate surface area is 184 Å². The van der Waals surface area contributed by atoms with Crippen LogP contribution in [0.4, 0.5) is 11.5 Å². The van der Waals surface area contributed by atoms with Crippen LogP contribution >= 0.6 is 0 Å². The van der Waals surface area contributed by atoms with Gasteiger partial charge < -0.3 is 19.7 Å². The van der Waals surface area contributed by atoms with Crippen molar-refractivity contribution in [2.24, 2.45) is 0 Å². The molecule has 0 amide bonds. The SMILES string of the molecule is Cc1ccc(CNc2ccc3c(c2)OC[C]3)c(C)c1-c1ccc(N2CCOCC2)nc1. The lowest BCUT2D eigenvalue weighted by molar-refractivity contribution is 0.122. The summed E-state index contributed by atoms with van der Waals surface area (Å²) in [5.74, 6) is 1.92. The molecule has 0 spiro atoms. The molecule has 0 saturated carbocycles. The second kappa shape index (κ2) is 8.60. The quantitative estimate of drug-likeness (QED) is 0.661. The van der Waals surface area contributed by atoms with Crippen LogP contribution in [0.15, 0.2) is 48.7 Å². The Balaban J connectivity index is 1.35. The number of ether oxygens (including phenoxy) is 2. The van der Waals surface area contributed by atoms with Crippen molar-refractivity contribution in [3.8, 4) is 16.9 Å². The van der Waals surface area contributed by atoms with Gasteiger partial charge in [-0.1, -0.05) is 18.2 Å². The molecule has 5 nitrogen and oxygen atoms in total. The summed E-state index contributed by atoms with van der Waals surface area (Å²) in [5.41, 5.74) is 8.35. The third kappa shape index (κ3) is 4.10. The maximum atomic E-state index is 5.59. The smallest absolute Gasteiger partial charge is 0.128 e. The first-order valence-electron chi connectivity index (χ1n) is 10.8. The Bertz CT molecular complexity index is 1070. The molecule has 1 fully saturated rings. The number of pyridine rings is 1. The van der Waals surface area contributed by atoms with Crippen molar-refractivity contribution >= 4 is 11.5 Å². The number of aryl methyl sites for hydroxylation is 1. The van der Waals surface area contributed by atoms with E-state index >= 15 is 0 Å². The molecular weight excluding hydrogens is 386 g/mol. The first kappa shape index (κ1) is 19.9. The second-order valence-corrected chi connectivity index (χ2v) is 8.08. The standard InChI is InChI=1S/C26H27N3O2/c1-18-3-4-21(16-27-23-7-5-20-9-12-31-24(20)15-23)19(2)26(18)22-6-8-25(28-17-22)29-10-13-30-14-11-29/h3-8,15,17,27H,10-14,16H2,1-2H3. The monoisotopic (exact) mass is 413 g/mol. The molecule has 1 saturated heterocycles. The van der Waals surface area contributed by atoms with Gasteiger partial charge in [-0.05, 0) is 54.3 Å². The molecule has 2 aliphatic heterocycles. The molecule has 0 unspecified atom stereocenters. The fourth-order valence-corrected chi connectivity index (χ4v) is 4.33. The fraction of sp³-hybridized carbons (Fsp3) is 0.308. The van der Waals surface area contributed by atoms with Crippen molar-refractivity contribution in [3.05, 3.63) is 77.3 Å². The van der Waals surface area contributed by atoms with Crippen molar-refractivity contribution < 1.29 is 9.47 Å². The minimum atomic E-state index is 0.539. The lowest BCUT2D eigenvalue weighted by Gasteiger charge is -2.27. The van der Waals surface area contributed by atoms with Crippen molar-refractivity contribution in [3.63, 3.8) is 0 Å². The number of benzene rings is 2. The molecule has 1 aromatic heterocycles. The summed E-state index contributed by atoms with van der Waals surface area (Å²) in [5, 5.41) is 3.54. The average Bonchev–Trinajstić information content (AvgIpc) is 3.28. The van der Waals surface area contributed by atoms with E-state index in [0.717, 1.165) is 61.2 Å². The molecule has 0 bridgehead atoms. The van der Waals surface area contributed by atoms with E-state index in [1.54, 1.807) is 0 Å². The number of hydrogen-bond acceptors (Lipinski definition) is 5. The molecular formula is C26H27N3O2. The maximum absolute atomic E-state index is 5.59. The Kier molecular flexibility index (Phi) is 5.51. The highest BCUT2D eigenvalue weighted by Gasteiger charge is 2.15. The van der Waals surface area contributed by atoms with Crippen LogP contribution in [-0.2, 0) is 11.3 Å². The highest BCUT2D eigenvalue weighted by atomic mass is 16.5. The van der Waals surface area contributed by atoms with Crippen LogP contribution in [0.1, 0.15) is 22.3 Å². The second-order valence-electron chi connectivity index (χ2n) is 8.08. The zero-order valence-corrected chi connectivity index (χ0v) is 18.1. The van der Waals surface area contributed by atoms with E-state index in [-0.39, 0.29) is 0 Å². The van der Waals surface area contributed by atoms with Crippen molar-refractivity contribution in [1.29, 1.82) is 0 Å². The first-order chi connectivity index (χ1) is 15.2. The zero-order valence-electron chi connectivity index (χ0n) is 18.1. The molecule has 5 rings (SSSR count). The third-order valence-corrected chi connectivity index (χ3v) is 6.11. The molecule has 0 aliphatic carbocycles. The molecule has 0 atom stereocenters. The van der Waals surface area contributed by atoms with E-state index in [1.165, 1.54) is 22.3 Å². The zero-order chi connectivity index (χ0) is 21.2. The highest BCUT2D eigenvalue weighted by Crippen LogP contribution is 2.32. The molecule has 158 valence electrons. The fourth-order valence-electron chi connectivity index (χ4n) is 4.33. The minimum Gasteiger partial charge on any atom is -0.492 e. The molecule has 3 heterocycles. The van der Waals surface area contributed by atoms with E-state index < -0.39 is 0 Å². The van der Waals surface area contributed by atoms with Gasteiger partial charge in [0.1, 0.15) is 18.2 Å². The molecule has 5 heteroatoms. The summed E-state index contributed by atoms with van der Waals surface area (Å²) in [4.78, 5) is 7.03. The van der Waals surface area contributed by atoms with Gasteiger partial charge in [0.2, 0.25) is 0 Å². The normalized spacial score (nSPS) is 15.5. The largest absolute Gasteiger partial charge is 0.492 e. The molecule has 2 aromatic carbocycles. The Morgan fingerprint density at radius 1 is 1.06 bits per heavy atom. The summed E-state index contributed by atoms with van der Waals surface area (Å²) in [7, 11) is 0. The number of aromatic nitrogens is 1. The molecule has 2 aliphatic rings. The predicted molar refractivity (Wildman–Crippen MR) is 124 cm³/mol. The Hall–Kier alpha value is -3.05. The van der Waals surface area contributed by atoms with Crippen LogP contribution in [0.3, 0.4) is 0 Å². The van der Waals surface area contributed by atoms with Crippen molar-refractivity contribution in [1.82, 2.24) is 4.98 Å². The van der Waals surface area contributed by atoms with Crippen LogP contribution in [0.25, 0.3) is 11.1 Å². The lowest BCUT2D eigenvalue weighted by Crippen LogP contribution is -2.36. The van der Waals surface area contributed by atoms with Gasteiger partial charge in [0, 0.05) is 48.7 Å². The highest BCUT2D eigenvalue weighted by molar-refractivity contribution is 5.72. The number of rotatable bonds is 5. The Morgan fingerprint density at radius 2 is 1.94 bits per heavy atom. The average molecular weight is 414 g/mol. The summed E-state index contributed by atoms with van der Waals surface area (Å²) in [6.07, 6.45) is 5.20. The van der Waals surface area contributed by atoms with Gasteiger partial charge in [-0.2, -0.15) is 0 Å². The number of fused-ring (bicyclic) bond motifs is 1. The van der Waals surface area contributed by atoms with E-state index in [4.69, 9.17) is 14.5 Å². The van der Waals surface area contributed by atoms with E-state index in [9.17, 15) is 0 Å². The van der Waals surface area contributed by atoms with E-state index in [1.807, 2.05) is 12.3 Å². The molecule has 3 aromatic rings.